The maximum Gasteiger partial charge on any atom is 0.306 e. The Hall–Kier alpha value is -1.89. The van der Waals surface area contributed by atoms with Crippen LogP contribution in [0.1, 0.15) is 22.5 Å². The van der Waals surface area contributed by atoms with Gasteiger partial charge in [0.1, 0.15) is 0 Å². The normalized spacial score (nSPS) is 21.3. The van der Waals surface area contributed by atoms with E-state index in [4.69, 9.17) is 5.11 Å². The summed E-state index contributed by atoms with van der Waals surface area (Å²) in [6.45, 7) is -0.0923. The molecule has 7 heteroatoms. The second-order valence-corrected chi connectivity index (χ2v) is 5.38. The van der Waals surface area contributed by atoms with Crippen LogP contribution in [0, 0.1) is 5.92 Å². The standard InChI is InChI=1S/C12H14N2O4S/c15-10(14-8-4-7(5-8)12(17)18)6-13-11(16)9-2-1-3-19-9/h1-3,7-8H,4-6H2,(H,13,16)(H,14,15)(H,17,18). The van der Waals surface area contributed by atoms with E-state index >= 15 is 0 Å². The molecule has 1 aliphatic rings. The highest BCUT2D eigenvalue weighted by atomic mass is 32.1. The number of nitrogens with one attached hydrogen (secondary N) is 2. The van der Waals surface area contributed by atoms with Crippen molar-refractivity contribution in [3.8, 4) is 0 Å². The number of carboxylic acids is 1. The fourth-order valence-electron chi connectivity index (χ4n) is 1.87. The van der Waals surface area contributed by atoms with Crippen LogP contribution < -0.4 is 10.6 Å². The van der Waals surface area contributed by atoms with Crippen molar-refractivity contribution in [2.24, 2.45) is 5.92 Å². The minimum absolute atomic E-state index is 0.0905. The van der Waals surface area contributed by atoms with Gasteiger partial charge in [0.25, 0.3) is 5.91 Å². The van der Waals surface area contributed by atoms with Crippen LogP contribution in [0.5, 0.6) is 0 Å². The minimum Gasteiger partial charge on any atom is -0.481 e. The molecule has 0 radical (unpaired) electrons. The summed E-state index contributed by atoms with van der Waals surface area (Å²) in [4.78, 5) is 34.2. The summed E-state index contributed by atoms with van der Waals surface area (Å²) in [5.41, 5.74) is 0. The van der Waals surface area contributed by atoms with Crippen LogP contribution in [0.15, 0.2) is 17.5 Å². The molecule has 0 atom stereocenters. The smallest absolute Gasteiger partial charge is 0.306 e. The van der Waals surface area contributed by atoms with E-state index < -0.39 is 5.97 Å². The van der Waals surface area contributed by atoms with Gasteiger partial charge in [-0.3, -0.25) is 14.4 Å². The van der Waals surface area contributed by atoms with E-state index in [1.165, 1.54) is 11.3 Å². The lowest BCUT2D eigenvalue weighted by molar-refractivity contribution is -0.146. The first kappa shape index (κ1) is 13.5. The molecule has 2 rings (SSSR count). The molecule has 1 aliphatic carbocycles. The Morgan fingerprint density at radius 3 is 2.68 bits per heavy atom. The number of hydrogen-bond donors (Lipinski definition) is 3. The van der Waals surface area contributed by atoms with Crippen LogP contribution in [0.2, 0.25) is 0 Å². The Balaban J connectivity index is 1.66. The summed E-state index contributed by atoms with van der Waals surface area (Å²) in [5, 5.41) is 15.7. The SMILES string of the molecule is O=C(CNC(=O)c1cccs1)NC1CC(C(=O)O)C1. The molecular formula is C12H14N2O4S. The summed E-state index contributed by atoms with van der Waals surface area (Å²) in [7, 11) is 0. The van der Waals surface area contributed by atoms with E-state index in [-0.39, 0.29) is 30.3 Å². The molecule has 2 amide bonds. The molecule has 19 heavy (non-hydrogen) atoms. The summed E-state index contributed by atoms with van der Waals surface area (Å²) in [5.74, 6) is -1.75. The van der Waals surface area contributed by atoms with Gasteiger partial charge >= 0.3 is 5.97 Å². The first-order valence-corrected chi connectivity index (χ1v) is 6.78. The van der Waals surface area contributed by atoms with Gasteiger partial charge in [0, 0.05) is 6.04 Å². The maximum atomic E-state index is 11.6. The lowest BCUT2D eigenvalue weighted by Crippen LogP contribution is -2.49. The van der Waals surface area contributed by atoms with Crippen molar-refractivity contribution in [3.63, 3.8) is 0 Å². The van der Waals surface area contributed by atoms with Gasteiger partial charge in [0.2, 0.25) is 5.91 Å². The molecule has 1 saturated carbocycles. The van der Waals surface area contributed by atoms with Crippen molar-refractivity contribution >= 4 is 29.1 Å². The second-order valence-electron chi connectivity index (χ2n) is 4.43. The van der Waals surface area contributed by atoms with Crippen molar-refractivity contribution in [3.05, 3.63) is 22.4 Å². The first-order chi connectivity index (χ1) is 9.06. The number of carbonyl (C=O) groups is 3. The fraction of sp³-hybridized carbons (Fsp3) is 0.417. The monoisotopic (exact) mass is 282 g/mol. The number of amides is 2. The molecule has 1 aromatic rings. The Labute approximate surface area is 113 Å². The van der Waals surface area contributed by atoms with Crippen LogP contribution in [-0.4, -0.2) is 35.5 Å². The van der Waals surface area contributed by atoms with Crippen LogP contribution in [0.3, 0.4) is 0 Å². The van der Waals surface area contributed by atoms with Crippen LogP contribution in [0.25, 0.3) is 0 Å². The molecule has 0 saturated heterocycles. The molecule has 6 nitrogen and oxygen atoms in total. The quantitative estimate of drug-likeness (QED) is 0.731. The average Bonchev–Trinajstić information content (AvgIpc) is 2.83. The third-order valence-electron chi connectivity index (χ3n) is 3.01. The predicted octanol–water partition coefficient (Wildman–Crippen LogP) is 0.457. The molecule has 0 unspecified atom stereocenters. The van der Waals surface area contributed by atoms with Gasteiger partial charge < -0.3 is 15.7 Å². The molecule has 3 N–H and O–H groups in total. The average molecular weight is 282 g/mol. The maximum absolute atomic E-state index is 11.6. The Bertz CT molecular complexity index is 480. The van der Waals surface area contributed by atoms with Gasteiger partial charge in [-0.15, -0.1) is 11.3 Å². The summed E-state index contributed by atoms with van der Waals surface area (Å²) in [6, 6.07) is 3.36. The zero-order chi connectivity index (χ0) is 13.8. The number of carboxylic acid groups (broad SMARTS) is 1. The van der Waals surface area contributed by atoms with E-state index in [1.807, 2.05) is 0 Å². The van der Waals surface area contributed by atoms with Crippen molar-refractivity contribution in [2.75, 3.05) is 6.54 Å². The van der Waals surface area contributed by atoms with Crippen molar-refractivity contribution in [1.29, 1.82) is 0 Å². The molecule has 1 fully saturated rings. The molecule has 0 bridgehead atoms. The van der Waals surface area contributed by atoms with Crippen molar-refractivity contribution in [2.45, 2.75) is 18.9 Å². The summed E-state index contributed by atoms with van der Waals surface area (Å²) >= 11 is 1.31. The largest absolute Gasteiger partial charge is 0.481 e. The first-order valence-electron chi connectivity index (χ1n) is 5.90. The van der Waals surface area contributed by atoms with Crippen LogP contribution in [0.4, 0.5) is 0 Å². The Morgan fingerprint density at radius 1 is 1.37 bits per heavy atom. The van der Waals surface area contributed by atoms with E-state index in [2.05, 4.69) is 10.6 Å². The molecular weight excluding hydrogens is 268 g/mol. The van der Waals surface area contributed by atoms with E-state index in [1.54, 1.807) is 17.5 Å². The zero-order valence-corrected chi connectivity index (χ0v) is 10.9. The van der Waals surface area contributed by atoms with Gasteiger partial charge in [-0.25, -0.2) is 0 Å². The highest BCUT2D eigenvalue weighted by Gasteiger charge is 2.35. The fourth-order valence-corrected chi connectivity index (χ4v) is 2.51. The van der Waals surface area contributed by atoms with E-state index in [0.29, 0.717) is 17.7 Å². The molecule has 0 aliphatic heterocycles. The van der Waals surface area contributed by atoms with E-state index in [9.17, 15) is 14.4 Å². The third-order valence-corrected chi connectivity index (χ3v) is 3.88. The van der Waals surface area contributed by atoms with E-state index in [0.717, 1.165) is 0 Å². The van der Waals surface area contributed by atoms with Gasteiger partial charge in [0.05, 0.1) is 17.3 Å². The summed E-state index contributed by atoms with van der Waals surface area (Å²) < 4.78 is 0. The number of thiophene rings is 1. The minimum atomic E-state index is -0.823. The van der Waals surface area contributed by atoms with Gasteiger partial charge in [0.15, 0.2) is 0 Å². The molecule has 0 aromatic carbocycles. The van der Waals surface area contributed by atoms with Gasteiger partial charge in [-0.05, 0) is 24.3 Å². The molecule has 102 valence electrons. The lowest BCUT2D eigenvalue weighted by atomic mass is 9.80. The number of hydrogen-bond acceptors (Lipinski definition) is 4. The Morgan fingerprint density at radius 2 is 2.11 bits per heavy atom. The molecule has 0 spiro atoms. The van der Waals surface area contributed by atoms with Gasteiger partial charge in [-0.1, -0.05) is 6.07 Å². The topological polar surface area (TPSA) is 95.5 Å². The lowest BCUT2D eigenvalue weighted by Gasteiger charge is -2.32. The molecule has 1 aromatic heterocycles. The van der Waals surface area contributed by atoms with Gasteiger partial charge in [-0.2, -0.15) is 0 Å². The third kappa shape index (κ3) is 3.54. The number of aliphatic carboxylic acids is 1. The summed E-state index contributed by atoms with van der Waals surface area (Å²) in [6.07, 6.45) is 0.917. The van der Waals surface area contributed by atoms with Crippen molar-refractivity contribution < 1.29 is 19.5 Å². The number of rotatable bonds is 5. The zero-order valence-electron chi connectivity index (χ0n) is 10.1. The highest BCUT2D eigenvalue weighted by molar-refractivity contribution is 7.12. The number of carbonyl (C=O) groups excluding carboxylic acids is 2. The highest BCUT2D eigenvalue weighted by Crippen LogP contribution is 2.27. The Kier molecular flexibility index (Phi) is 4.16. The molecule has 1 heterocycles. The van der Waals surface area contributed by atoms with Crippen LogP contribution in [-0.2, 0) is 9.59 Å². The predicted molar refractivity (Wildman–Crippen MR) is 68.9 cm³/mol. The van der Waals surface area contributed by atoms with Crippen molar-refractivity contribution in [1.82, 2.24) is 10.6 Å². The van der Waals surface area contributed by atoms with Crippen LogP contribution >= 0.6 is 11.3 Å². The second kappa shape index (κ2) is 5.83.